The van der Waals surface area contributed by atoms with Crippen LogP contribution in [-0.2, 0) is 0 Å². The lowest BCUT2D eigenvalue weighted by molar-refractivity contribution is 0.0872. The molecule has 1 aliphatic heterocycles. The van der Waals surface area contributed by atoms with E-state index in [1.54, 1.807) is 0 Å². The summed E-state index contributed by atoms with van der Waals surface area (Å²) in [5, 5.41) is 6.78. The lowest BCUT2D eigenvalue weighted by Gasteiger charge is -2.46. The van der Waals surface area contributed by atoms with Gasteiger partial charge < -0.3 is 15.1 Å². The Morgan fingerprint density at radius 2 is 1.80 bits per heavy atom. The normalized spacial score (nSPS) is 21.7. The molecule has 0 atom stereocenters. The van der Waals surface area contributed by atoms with Gasteiger partial charge in [-0.2, -0.15) is 0 Å². The molecule has 4 nitrogen and oxygen atoms in total. The molecule has 2 rings (SSSR count). The Balaban J connectivity index is 2.09. The van der Waals surface area contributed by atoms with Crippen molar-refractivity contribution in [3.8, 4) is 0 Å². The van der Waals surface area contributed by atoms with Gasteiger partial charge in [-0.1, -0.05) is 0 Å². The van der Waals surface area contributed by atoms with Crippen molar-refractivity contribution in [1.29, 1.82) is 0 Å². The molecule has 1 amide bonds. The Labute approximate surface area is 121 Å². The van der Waals surface area contributed by atoms with E-state index >= 15 is 0 Å². The molecule has 0 radical (unpaired) electrons. The van der Waals surface area contributed by atoms with Gasteiger partial charge >= 0.3 is 0 Å². The van der Waals surface area contributed by atoms with Crippen molar-refractivity contribution < 1.29 is 9.21 Å². The van der Waals surface area contributed by atoms with Crippen LogP contribution in [0.15, 0.2) is 10.5 Å². The predicted molar refractivity (Wildman–Crippen MR) is 80.0 cm³/mol. The lowest BCUT2D eigenvalue weighted by Crippen LogP contribution is -2.62. The molecule has 1 saturated heterocycles. The van der Waals surface area contributed by atoms with E-state index in [1.807, 2.05) is 19.9 Å². The number of hydrogen-bond acceptors (Lipinski definition) is 3. The van der Waals surface area contributed by atoms with E-state index in [4.69, 9.17) is 4.42 Å². The Kier molecular flexibility index (Phi) is 3.71. The molecule has 4 heteroatoms. The Morgan fingerprint density at radius 3 is 2.25 bits per heavy atom. The first-order valence-corrected chi connectivity index (χ1v) is 7.25. The number of amides is 1. The number of hydrogen-bond donors (Lipinski definition) is 2. The van der Waals surface area contributed by atoms with Crippen LogP contribution in [0.4, 0.5) is 0 Å². The molecule has 1 aromatic heterocycles. The third kappa shape index (κ3) is 3.42. The van der Waals surface area contributed by atoms with Crippen molar-refractivity contribution in [1.82, 2.24) is 10.6 Å². The monoisotopic (exact) mass is 278 g/mol. The van der Waals surface area contributed by atoms with Crippen molar-refractivity contribution in [3.05, 3.63) is 23.2 Å². The zero-order chi connectivity index (χ0) is 15.1. The average Bonchev–Trinajstić information content (AvgIpc) is 2.52. The maximum absolute atomic E-state index is 12.4. The summed E-state index contributed by atoms with van der Waals surface area (Å²) < 4.78 is 5.43. The topological polar surface area (TPSA) is 54.3 Å². The minimum atomic E-state index is -0.0298. The van der Waals surface area contributed by atoms with Crippen LogP contribution in [0.2, 0.25) is 0 Å². The van der Waals surface area contributed by atoms with Gasteiger partial charge in [-0.3, -0.25) is 4.79 Å². The molecule has 2 N–H and O–H groups in total. The second-order valence-corrected chi connectivity index (χ2v) is 7.30. The van der Waals surface area contributed by atoms with Crippen molar-refractivity contribution >= 4 is 5.91 Å². The molecule has 0 aromatic carbocycles. The summed E-state index contributed by atoms with van der Waals surface area (Å²) in [5.74, 6) is 1.43. The smallest absolute Gasteiger partial charge is 0.255 e. The van der Waals surface area contributed by atoms with Gasteiger partial charge in [-0.05, 0) is 60.5 Å². The second-order valence-electron chi connectivity index (χ2n) is 7.30. The fourth-order valence-corrected chi connectivity index (χ4v) is 3.54. The minimum Gasteiger partial charge on any atom is -0.466 e. The highest BCUT2D eigenvalue weighted by molar-refractivity contribution is 5.95. The van der Waals surface area contributed by atoms with Gasteiger partial charge in [0.2, 0.25) is 0 Å². The third-order valence-corrected chi connectivity index (χ3v) is 3.81. The van der Waals surface area contributed by atoms with Gasteiger partial charge in [-0.25, -0.2) is 0 Å². The predicted octanol–water partition coefficient (Wildman–Crippen LogP) is 2.94. The SMILES string of the molecule is Cc1cc(C(=O)NC2CC(C)(C)NC(C)(C)C2)c(C)o1. The summed E-state index contributed by atoms with van der Waals surface area (Å²) in [6.45, 7) is 12.4. The number of rotatable bonds is 2. The molecular formula is C16H26N2O2. The van der Waals surface area contributed by atoms with E-state index < -0.39 is 0 Å². The van der Waals surface area contributed by atoms with Gasteiger partial charge in [0, 0.05) is 17.1 Å². The highest BCUT2D eigenvalue weighted by Gasteiger charge is 2.38. The van der Waals surface area contributed by atoms with Gasteiger partial charge in [0.05, 0.1) is 5.56 Å². The molecule has 1 fully saturated rings. The Hall–Kier alpha value is -1.29. The maximum atomic E-state index is 12.4. The molecule has 0 unspecified atom stereocenters. The Morgan fingerprint density at radius 1 is 1.25 bits per heavy atom. The van der Waals surface area contributed by atoms with Crippen molar-refractivity contribution in [2.24, 2.45) is 0 Å². The van der Waals surface area contributed by atoms with Crippen LogP contribution in [0.1, 0.15) is 62.4 Å². The molecule has 0 bridgehead atoms. The molecule has 112 valence electrons. The first-order chi connectivity index (χ1) is 9.08. The van der Waals surface area contributed by atoms with Crippen molar-refractivity contribution in [2.75, 3.05) is 0 Å². The number of carbonyl (C=O) groups is 1. The molecule has 0 aliphatic carbocycles. The Bertz CT molecular complexity index is 499. The van der Waals surface area contributed by atoms with Crippen LogP contribution in [0, 0.1) is 13.8 Å². The molecule has 0 spiro atoms. The lowest BCUT2D eigenvalue weighted by atomic mass is 9.79. The van der Waals surface area contributed by atoms with Crippen LogP contribution < -0.4 is 10.6 Å². The summed E-state index contributed by atoms with van der Waals surface area (Å²) in [7, 11) is 0. The van der Waals surface area contributed by atoms with Crippen LogP contribution in [0.5, 0.6) is 0 Å². The summed E-state index contributed by atoms with van der Waals surface area (Å²) in [6, 6.07) is 1.99. The summed E-state index contributed by atoms with van der Waals surface area (Å²) in [6.07, 6.45) is 1.86. The standard InChI is InChI=1S/C16H26N2O2/c1-10-7-13(11(2)20-10)14(19)17-12-8-15(3,4)18-16(5,6)9-12/h7,12,18H,8-9H2,1-6H3,(H,17,19). The number of piperidine rings is 1. The third-order valence-electron chi connectivity index (χ3n) is 3.81. The second kappa shape index (κ2) is 4.92. The van der Waals surface area contributed by atoms with Crippen LogP contribution >= 0.6 is 0 Å². The van der Waals surface area contributed by atoms with Crippen molar-refractivity contribution in [3.63, 3.8) is 0 Å². The highest BCUT2D eigenvalue weighted by atomic mass is 16.3. The summed E-state index contributed by atoms with van der Waals surface area (Å²) in [5.41, 5.74) is 0.707. The summed E-state index contributed by atoms with van der Waals surface area (Å²) >= 11 is 0. The fraction of sp³-hybridized carbons (Fsp3) is 0.688. The first kappa shape index (κ1) is 15.1. The van der Waals surface area contributed by atoms with Gasteiger partial charge in [0.1, 0.15) is 11.5 Å². The van der Waals surface area contributed by atoms with Crippen molar-refractivity contribution in [2.45, 2.75) is 71.5 Å². The van der Waals surface area contributed by atoms with E-state index in [0.29, 0.717) is 11.3 Å². The average molecular weight is 278 g/mol. The van der Waals surface area contributed by atoms with E-state index in [9.17, 15) is 4.79 Å². The number of carbonyl (C=O) groups excluding carboxylic acids is 1. The molecule has 0 saturated carbocycles. The molecule has 20 heavy (non-hydrogen) atoms. The number of aryl methyl sites for hydroxylation is 2. The van der Waals surface area contributed by atoms with Gasteiger partial charge in [0.25, 0.3) is 5.91 Å². The van der Waals surface area contributed by atoms with Gasteiger partial charge in [-0.15, -0.1) is 0 Å². The molecule has 1 aliphatic rings. The quantitative estimate of drug-likeness (QED) is 0.874. The first-order valence-electron chi connectivity index (χ1n) is 7.25. The zero-order valence-electron chi connectivity index (χ0n) is 13.4. The van der Waals surface area contributed by atoms with Crippen LogP contribution in [-0.4, -0.2) is 23.0 Å². The molecule has 1 aromatic rings. The van der Waals surface area contributed by atoms with E-state index in [1.165, 1.54) is 0 Å². The van der Waals surface area contributed by atoms with Crippen LogP contribution in [0.3, 0.4) is 0 Å². The number of nitrogens with one attached hydrogen (secondary N) is 2. The largest absolute Gasteiger partial charge is 0.466 e. The minimum absolute atomic E-state index is 0.0288. The maximum Gasteiger partial charge on any atom is 0.255 e. The van der Waals surface area contributed by atoms with E-state index in [2.05, 4.69) is 38.3 Å². The fourth-order valence-electron chi connectivity index (χ4n) is 3.54. The zero-order valence-corrected chi connectivity index (χ0v) is 13.4. The molecule has 2 heterocycles. The number of furan rings is 1. The summed E-state index contributed by atoms with van der Waals surface area (Å²) in [4.78, 5) is 12.4. The van der Waals surface area contributed by atoms with Gasteiger partial charge in [0.15, 0.2) is 0 Å². The molecular weight excluding hydrogens is 252 g/mol. The van der Waals surface area contributed by atoms with E-state index in [0.717, 1.165) is 18.6 Å². The van der Waals surface area contributed by atoms with E-state index in [-0.39, 0.29) is 23.0 Å². The van der Waals surface area contributed by atoms with Crippen LogP contribution in [0.25, 0.3) is 0 Å². The highest BCUT2D eigenvalue weighted by Crippen LogP contribution is 2.28.